The van der Waals surface area contributed by atoms with E-state index in [-0.39, 0.29) is 29.1 Å². The molecule has 8 heteroatoms. The molecule has 1 atom stereocenters. The summed E-state index contributed by atoms with van der Waals surface area (Å²) in [4.78, 5) is 26.7. The molecule has 1 amide bonds. The van der Waals surface area contributed by atoms with Crippen LogP contribution in [0.3, 0.4) is 0 Å². The lowest BCUT2D eigenvalue weighted by Gasteiger charge is -2.35. The number of hydrogen-bond donors (Lipinski definition) is 1. The Labute approximate surface area is 237 Å². The fraction of sp³-hybridized carbons (Fsp3) is 0.0909. The maximum absolute atomic E-state index is 14.7. The number of nitrogens with one attached hydrogen (secondary N) is 1. The number of carbonyl (C=O) groups is 2. The van der Waals surface area contributed by atoms with Gasteiger partial charge >= 0.3 is 0 Å². The molecule has 0 bridgehead atoms. The van der Waals surface area contributed by atoms with Gasteiger partial charge in [-0.1, -0.05) is 84.9 Å². The Morgan fingerprint density at radius 3 is 2.22 bits per heavy atom. The largest absolute Gasteiger partial charge is 0.325 e. The Bertz CT molecular complexity index is 1910. The van der Waals surface area contributed by atoms with E-state index in [1.54, 1.807) is 48.5 Å². The predicted octanol–water partition coefficient (Wildman–Crippen LogP) is 5.96. The summed E-state index contributed by atoms with van der Waals surface area (Å²) in [6.45, 7) is 0.0184. The molecule has 41 heavy (non-hydrogen) atoms. The van der Waals surface area contributed by atoms with Crippen LogP contribution in [0.5, 0.6) is 0 Å². The summed E-state index contributed by atoms with van der Waals surface area (Å²) in [5.41, 5.74) is 2.00. The van der Waals surface area contributed by atoms with Crippen LogP contribution >= 0.6 is 0 Å². The van der Waals surface area contributed by atoms with Crippen molar-refractivity contribution in [3.8, 4) is 0 Å². The van der Waals surface area contributed by atoms with E-state index in [2.05, 4.69) is 5.32 Å². The van der Waals surface area contributed by atoms with Crippen molar-refractivity contribution in [3.05, 3.63) is 143 Å². The van der Waals surface area contributed by atoms with Crippen molar-refractivity contribution in [2.45, 2.75) is 23.9 Å². The standard InChI is InChI=1S/C33H25FN2O4S/c34-30-17-15-27(20-29(30)32(37)23-9-2-1-3-10-23)35-33(38)31-19-25-12-6-7-13-26(25)21-36(31)41(39,40)28-16-14-22-8-4-5-11-24(22)18-28/h1-18,20,31H,19,21H2,(H,35,38). The highest BCUT2D eigenvalue weighted by Crippen LogP contribution is 2.31. The zero-order chi connectivity index (χ0) is 28.6. The molecule has 1 aliphatic rings. The molecular formula is C33H25FN2O4S. The first-order valence-electron chi connectivity index (χ1n) is 13.1. The van der Waals surface area contributed by atoms with Crippen LogP contribution in [-0.2, 0) is 27.8 Å². The number of sulfonamides is 1. The zero-order valence-electron chi connectivity index (χ0n) is 21.8. The summed E-state index contributed by atoms with van der Waals surface area (Å²) in [6, 6.07) is 30.8. The maximum atomic E-state index is 14.7. The lowest BCUT2D eigenvalue weighted by Crippen LogP contribution is -2.50. The number of hydrogen-bond acceptors (Lipinski definition) is 4. The molecule has 0 fully saturated rings. The SMILES string of the molecule is O=C(c1ccccc1)c1cc(NC(=O)C2Cc3ccccc3CN2S(=O)(=O)c2ccc3ccccc3c2)ccc1F. The van der Waals surface area contributed by atoms with Crippen LogP contribution in [0.15, 0.2) is 120 Å². The third-order valence-corrected chi connectivity index (χ3v) is 9.20. The number of anilines is 1. The van der Waals surface area contributed by atoms with Gasteiger partial charge < -0.3 is 5.32 Å². The molecule has 0 aliphatic carbocycles. The van der Waals surface area contributed by atoms with Crippen molar-refractivity contribution < 1.29 is 22.4 Å². The van der Waals surface area contributed by atoms with Crippen molar-refractivity contribution in [2.24, 2.45) is 0 Å². The van der Waals surface area contributed by atoms with Crippen LogP contribution < -0.4 is 5.32 Å². The fourth-order valence-electron chi connectivity index (χ4n) is 5.19. The first-order chi connectivity index (χ1) is 19.8. The molecular weight excluding hydrogens is 539 g/mol. The summed E-state index contributed by atoms with van der Waals surface area (Å²) < 4.78 is 43.9. The monoisotopic (exact) mass is 564 g/mol. The van der Waals surface area contributed by atoms with Gasteiger partial charge in [-0.05, 0) is 58.7 Å². The predicted molar refractivity (Wildman–Crippen MR) is 156 cm³/mol. The van der Waals surface area contributed by atoms with Gasteiger partial charge in [0.1, 0.15) is 11.9 Å². The van der Waals surface area contributed by atoms with Gasteiger partial charge in [-0.15, -0.1) is 0 Å². The Kier molecular flexibility index (Phi) is 6.95. The van der Waals surface area contributed by atoms with E-state index in [1.807, 2.05) is 48.5 Å². The second-order valence-electron chi connectivity index (χ2n) is 9.93. The van der Waals surface area contributed by atoms with Crippen molar-refractivity contribution in [3.63, 3.8) is 0 Å². The van der Waals surface area contributed by atoms with Crippen molar-refractivity contribution in [2.75, 3.05) is 5.32 Å². The lowest BCUT2D eigenvalue weighted by atomic mass is 9.95. The summed E-state index contributed by atoms with van der Waals surface area (Å²) in [7, 11) is -4.09. The van der Waals surface area contributed by atoms with Gasteiger partial charge in [0, 0.05) is 17.8 Å². The minimum Gasteiger partial charge on any atom is -0.325 e. The molecule has 1 aliphatic heterocycles. The van der Waals surface area contributed by atoms with E-state index in [4.69, 9.17) is 0 Å². The summed E-state index contributed by atoms with van der Waals surface area (Å²) in [5, 5.41) is 4.41. The molecule has 204 valence electrons. The van der Waals surface area contributed by atoms with E-state index in [0.717, 1.165) is 28.0 Å². The van der Waals surface area contributed by atoms with Crippen molar-refractivity contribution in [1.82, 2.24) is 4.31 Å². The average Bonchev–Trinajstić information content (AvgIpc) is 3.01. The fourth-order valence-corrected chi connectivity index (χ4v) is 6.79. The Morgan fingerprint density at radius 2 is 1.44 bits per heavy atom. The zero-order valence-corrected chi connectivity index (χ0v) is 22.6. The number of fused-ring (bicyclic) bond motifs is 2. The summed E-state index contributed by atoms with van der Waals surface area (Å²) in [5.74, 6) is -1.82. The molecule has 1 heterocycles. The molecule has 1 unspecified atom stereocenters. The number of halogens is 1. The molecule has 0 saturated heterocycles. The van der Waals surface area contributed by atoms with Crippen LogP contribution in [0.2, 0.25) is 0 Å². The third-order valence-electron chi connectivity index (χ3n) is 7.35. The van der Waals surface area contributed by atoms with Crippen LogP contribution in [0, 0.1) is 5.82 Å². The molecule has 6 rings (SSSR count). The van der Waals surface area contributed by atoms with Gasteiger partial charge in [-0.3, -0.25) is 9.59 Å². The number of amides is 1. The second-order valence-corrected chi connectivity index (χ2v) is 11.8. The molecule has 5 aromatic rings. The molecule has 1 N–H and O–H groups in total. The Hall–Kier alpha value is -4.66. The number of rotatable bonds is 6. The minimum absolute atomic E-state index is 0.0184. The third kappa shape index (κ3) is 5.15. The smallest absolute Gasteiger partial charge is 0.244 e. The first kappa shape index (κ1) is 26.6. The summed E-state index contributed by atoms with van der Waals surface area (Å²) >= 11 is 0. The normalized spacial score (nSPS) is 15.3. The molecule has 0 spiro atoms. The Morgan fingerprint density at radius 1 is 0.756 bits per heavy atom. The number of carbonyl (C=O) groups excluding carboxylic acids is 2. The van der Waals surface area contributed by atoms with E-state index in [1.165, 1.54) is 16.4 Å². The topological polar surface area (TPSA) is 83.6 Å². The maximum Gasteiger partial charge on any atom is 0.244 e. The number of ketones is 1. The van der Waals surface area contributed by atoms with Crippen molar-refractivity contribution >= 4 is 38.2 Å². The van der Waals surface area contributed by atoms with Crippen LogP contribution in [-0.4, -0.2) is 30.5 Å². The first-order valence-corrected chi connectivity index (χ1v) is 14.5. The summed E-state index contributed by atoms with van der Waals surface area (Å²) in [6.07, 6.45) is 0.159. The minimum atomic E-state index is -4.09. The molecule has 0 aromatic heterocycles. The molecule has 0 saturated carbocycles. The highest BCUT2D eigenvalue weighted by molar-refractivity contribution is 7.89. The quantitative estimate of drug-likeness (QED) is 0.258. The average molecular weight is 565 g/mol. The van der Waals surface area contributed by atoms with E-state index < -0.39 is 33.6 Å². The lowest BCUT2D eigenvalue weighted by molar-refractivity contribution is -0.120. The van der Waals surface area contributed by atoms with Gasteiger partial charge in [0.2, 0.25) is 15.9 Å². The van der Waals surface area contributed by atoms with Gasteiger partial charge in [0.15, 0.2) is 5.78 Å². The van der Waals surface area contributed by atoms with Crippen LogP contribution in [0.1, 0.15) is 27.0 Å². The second kappa shape index (κ2) is 10.7. The van der Waals surface area contributed by atoms with Crippen molar-refractivity contribution in [1.29, 1.82) is 0 Å². The molecule has 6 nitrogen and oxygen atoms in total. The molecule has 0 radical (unpaired) electrons. The van der Waals surface area contributed by atoms with Gasteiger partial charge in [-0.2, -0.15) is 4.31 Å². The highest BCUT2D eigenvalue weighted by Gasteiger charge is 2.39. The number of nitrogens with zero attached hydrogens (tertiary/aromatic N) is 1. The van der Waals surface area contributed by atoms with Gasteiger partial charge in [0.05, 0.1) is 10.5 Å². The van der Waals surface area contributed by atoms with Crippen LogP contribution in [0.25, 0.3) is 10.8 Å². The Balaban J connectivity index is 1.34. The number of benzene rings is 5. The molecule has 5 aromatic carbocycles. The van der Waals surface area contributed by atoms with E-state index >= 15 is 0 Å². The van der Waals surface area contributed by atoms with Gasteiger partial charge in [0.25, 0.3) is 0 Å². The van der Waals surface area contributed by atoms with Gasteiger partial charge in [-0.25, -0.2) is 12.8 Å². The highest BCUT2D eigenvalue weighted by atomic mass is 32.2. The van der Waals surface area contributed by atoms with Crippen LogP contribution in [0.4, 0.5) is 10.1 Å². The van der Waals surface area contributed by atoms with E-state index in [0.29, 0.717) is 5.56 Å². The van der Waals surface area contributed by atoms with E-state index in [9.17, 15) is 22.4 Å².